The zero-order chi connectivity index (χ0) is 30.8. The van der Waals surface area contributed by atoms with Gasteiger partial charge in [-0.2, -0.15) is 0 Å². The van der Waals surface area contributed by atoms with Crippen LogP contribution in [0.15, 0.2) is 54.9 Å². The van der Waals surface area contributed by atoms with E-state index in [4.69, 9.17) is 17.2 Å². The van der Waals surface area contributed by atoms with Crippen LogP contribution in [0.5, 0.6) is 0 Å². The summed E-state index contributed by atoms with van der Waals surface area (Å²) < 4.78 is 31.3. The van der Waals surface area contributed by atoms with Crippen LogP contribution in [0, 0.1) is 11.6 Å². The summed E-state index contributed by atoms with van der Waals surface area (Å²) in [6.07, 6.45) is 7.77. The molecule has 0 amide bonds. The first-order valence-electron chi connectivity index (χ1n) is 14.5. The van der Waals surface area contributed by atoms with E-state index in [-0.39, 0.29) is 17.6 Å². The zero-order valence-electron chi connectivity index (χ0n) is 25.0. The van der Waals surface area contributed by atoms with Crippen LogP contribution in [0.25, 0.3) is 5.57 Å². The van der Waals surface area contributed by atoms with Crippen LogP contribution in [0.1, 0.15) is 38.2 Å². The van der Waals surface area contributed by atoms with Gasteiger partial charge in [0.15, 0.2) is 17.4 Å². The maximum atomic E-state index is 15.4. The first-order valence-corrected chi connectivity index (χ1v) is 16.2. The molecule has 1 aromatic heterocycles. The highest BCUT2D eigenvalue weighted by Gasteiger charge is 2.36. The van der Waals surface area contributed by atoms with Gasteiger partial charge >= 0.3 is 0 Å². The summed E-state index contributed by atoms with van der Waals surface area (Å²) in [6, 6.07) is 7.11. The molecule has 2 saturated heterocycles. The summed E-state index contributed by atoms with van der Waals surface area (Å²) in [5.74, 6) is 0.166. The number of thioether (sulfide) groups is 1. The second kappa shape index (κ2) is 13.1. The second-order valence-electron chi connectivity index (χ2n) is 11.1. The molecule has 1 N–H and O–H groups in total. The highest BCUT2D eigenvalue weighted by atomic mass is 32.2. The summed E-state index contributed by atoms with van der Waals surface area (Å²) in [5, 5.41) is 2.81. The highest BCUT2D eigenvalue weighted by molar-refractivity contribution is 8.22. The molecule has 1 aliphatic carbocycles. The number of nitrogens with one attached hydrogen (secondary N) is 1. The fraction of sp³-hybridized carbons (Fsp3) is 0.406. The number of hydrogen-bond donors (Lipinski definition) is 1. The number of rotatable bonds is 5. The molecule has 0 radical (unpaired) electrons. The number of ketones is 1. The maximum Gasteiger partial charge on any atom is 0.167 e. The largest absolute Gasteiger partial charge is 0.374 e. The Hall–Kier alpha value is -3.44. The summed E-state index contributed by atoms with van der Waals surface area (Å²) in [6.45, 7) is 12.7. The minimum Gasteiger partial charge on any atom is -0.374 e. The average molecular weight is 625 g/mol. The lowest BCUT2D eigenvalue weighted by molar-refractivity contribution is -0.113. The maximum absolute atomic E-state index is 15.4. The van der Waals surface area contributed by atoms with Gasteiger partial charge in [0.05, 0.1) is 5.69 Å². The van der Waals surface area contributed by atoms with Gasteiger partial charge in [0.2, 0.25) is 0 Å². The van der Waals surface area contributed by atoms with Crippen LogP contribution >= 0.6 is 24.0 Å². The number of allylic oxidation sites excluding steroid dienone is 3. The number of anilines is 4. The lowest BCUT2D eigenvalue weighted by Crippen LogP contribution is -2.47. The number of benzene rings is 1. The molecule has 0 atom stereocenters. The molecule has 1 saturated carbocycles. The van der Waals surface area contributed by atoms with E-state index in [2.05, 4.69) is 23.4 Å². The number of thiocarbonyl (C=S) groups is 1. The number of hydrogen-bond acceptors (Lipinski definition) is 8. The predicted molar refractivity (Wildman–Crippen MR) is 179 cm³/mol. The topological polar surface area (TPSA) is 55.0 Å². The molecule has 0 bridgehead atoms. The van der Waals surface area contributed by atoms with E-state index in [9.17, 15) is 4.79 Å². The van der Waals surface area contributed by atoms with E-state index in [1.54, 1.807) is 17.8 Å². The van der Waals surface area contributed by atoms with Crippen molar-refractivity contribution < 1.29 is 13.6 Å². The molecule has 4 heterocycles. The van der Waals surface area contributed by atoms with Crippen molar-refractivity contribution in [2.24, 2.45) is 0 Å². The van der Waals surface area contributed by atoms with Crippen molar-refractivity contribution in [2.75, 3.05) is 65.6 Å². The van der Waals surface area contributed by atoms with Crippen LogP contribution in [0.4, 0.5) is 31.8 Å². The Balaban J connectivity index is 0.000000559. The van der Waals surface area contributed by atoms with Crippen LogP contribution in [-0.2, 0) is 4.79 Å². The van der Waals surface area contributed by atoms with Crippen molar-refractivity contribution >= 4 is 62.7 Å². The third-order valence-corrected chi connectivity index (χ3v) is 9.48. The van der Waals surface area contributed by atoms with E-state index in [0.29, 0.717) is 60.2 Å². The van der Waals surface area contributed by atoms with Crippen molar-refractivity contribution in [2.45, 2.75) is 38.6 Å². The quantitative estimate of drug-likeness (QED) is 0.397. The zero-order valence-corrected chi connectivity index (χ0v) is 26.6. The number of fused-ring (bicyclic) bond motifs is 1. The molecule has 43 heavy (non-hydrogen) atoms. The number of carbonyl (C=O) groups is 1. The Morgan fingerprint density at radius 2 is 1.74 bits per heavy atom. The molecule has 3 fully saturated rings. The van der Waals surface area contributed by atoms with Crippen molar-refractivity contribution in [3.63, 3.8) is 0 Å². The molecule has 11 heteroatoms. The van der Waals surface area contributed by atoms with Crippen molar-refractivity contribution in [1.82, 2.24) is 10.3 Å². The van der Waals surface area contributed by atoms with Gasteiger partial charge < -0.3 is 24.9 Å². The molecule has 4 aliphatic rings. The Labute approximate surface area is 262 Å². The monoisotopic (exact) mass is 624 g/mol. The number of halogens is 2. The highest BCUT2D eigenvalue weighted by Crippen LogP contribution is 2.43. The number of pyridine rings is 1. The Morgan fingerprint density at radius 3 is 2.28 bits per heavy atom. The number of nitrogens with zero attached hydrogens (tertiary/aromatic N) is 5. The number of Topliss-reactive ketones (excluding diaryl/α,β-unsaturated/α-hetero) is 1. The van der Waals surface area contributed by atoms with Gasteiger partial charge in [-0.05, 0) is 68.7 Å². The lowest BCUT2D eigenvalue weighted by atomic mass is 9.94. The van der Waals surface area contributed by atoms with Gasteiger partial charge in [0, 0.05) is 74.5 Å². The first-order chi connectivity index (χ1) is 20.6. The minimum absolute atomic E-state index is 0.0902. The van der Waals surface area contributed by atoms with Crippen molar-refractivity contribution in [1.29, 1.82) is 0 Å². The Bertz CT molecular complexity index is 1480. The molecule has 7 nitrogen and oxygen atoms in total. The third-order valence-electron chi connectivity index (χ3n) is 8.20. The van der Waals surface area contributed by atoms with E-state index >= 15 is 8.78 Å². The number of carbonyl (C=O) groups excluding carboxylic acids is 1. The molecule has 228 valence electrons. The summed E-state index contributed by atoms with van der Waals surface area (Å²) in [5.41, 5.74) is 4.01. The number of piperazine rings is 1. The number of aromatic nitrogens is 1. The summed E-state index contributed by atoms with van der Waals surface area (Å²) in [7, 11) is 1.82. The molecular formula is C32H38F2N6OS2. The van der Waals surface area contributed by atoms with Crippen LogP contribution in [0.3, 0.4) is 0 Å². The standard InChI is InChI=1S/C29H31F2N5O.C3H7NS2/c1-18-5-4-10-35(18)22-8-9-27(25(30)15-22)33-11-13-34(14-12-33)29-26(31)16-23-19(2)24(20(3)37)17-36(21-6-7-21)28(23)32-29;1-4-3(5)6-2/h8-9,15-17,21H,1-2,4-7,10-14H2,3H3;1-2H3,(H,4,5). The van der Waals surface area contributed by atoms with Crippen LogP contribution in [0.2, 0.25) is 0 Å². The van der Waals surface area contributed by atoms with Gasteiger partial charge in [-0.15, -0.1) is 11.8 Å². The summed E-state index contributed by atoms with van der Waals surface area (Å²) in [4.78, 5) is 24.9. The second-order valence-corrected chi connectivity index (χ2v) is 12.5. The van der Waals surface area contributed by atoms with Gasteiger partial charge in [-0.25, -0.2) is 13.8 Å². The molecule has 3 aliphatic heterocycles. The fourth-order valence-corrected chi connectivity index (χ4v) is 5.90. The van der Waals surface area contributed by atoms with Gasteiger partial charge in [0.25, 0.3) is 0 Å². The molecule has 2 aromatic rings. The molecule has 0 spiro atoms. The van der Waals surface area contributed by atoms with Gasteiger partial charge in [-0.3, -0.25) is 4.79 Å². The van der Waals surface area contributed by atoms with Crippen molar-refractivity contribution in [3.8, 4) is 0 Å². The smallest absolute Gasteiger partial charge is 0.167 e. The van der Waals surface area contributed by atoms with E-state index in [1.165, 1.54) is 13.0 Å². The SMILES string of the molecule is C=C1C(C(C)=O)=CN(C2CC2)c2nc(N3CCN(c4ccc(N5CCCC5=C)cc4F)CC3)c(F)cc21.CNC(=S)SC. The van der Waals surface area contributed by atoms with Crippen LogP contribution < -0.4 is 24.9 Å². The summed E-state index contributed by atoms with van der Waals surface area (Å²) >= 11 is 6.25. The van der Waals surface area contributed by atoms with E-state index < -0.39 is 5.82 Å². The molecule has 1 aromatic carbocycles. The van der Waals surface area contributed by atoms with E-state index in [1.807, 2.05) is 46.3 Å². The average Bonchev–Trinajstić information content (AvgIpc) is 3.76. The van der Waals surface area contributed by atoms with E-state index in [0.717, 1.165) is 47.9 Å². The minimum atomic E-state index is -0.435. The predicted octanol–water partition coefficient (Wildman–Crippen LogP) is 6.12. The Morgan fingerprint density at radius 1 is 1.05 bits per heavy atom. The van der Waals surface area contributed by atoms with Crippen molar-refractivity contribution in [3.05, 3.63) is 72.1 Å². The Kier molecular flexibility index (Phi) is 9.41. The van der Waals surface area contributed by atoms with Gasteiger partial charge in [-0.1, -0.05) is 25.4 Å². The molecule has 6 rings (SSSR count). The fourth-order valence-electron chi connectivity index (χ4n) is 5.70. The molecule has 0 unspecified atom stereocenters. The van der Waals surface area contributed by atoms with Crippen LogP contribution in [-0.4, -0.2) is 67.2 Å². The normalized spacial score (nSPS) is 18.2. The third kappa shape index (κ3) is 6.57. The molecular weight excluding hydrogens is 587 g/mol. The first kappa shape index (κ1) is 31.0. The lowest BCUT2D eigenvalue weighted by Gasteiger charge is -2.38. The van der Waals surface area contributed by atoms with Gasteiger partial charge in [0.1, 0.15) is 16.0 Å².